The molecule has 0 radical (unpaired) electrons. The highest BCUT2D eigenvalue weighted by Gasteiger charge is 2.20. The van der Waals surface area contributed by atoms with E-state index in [1.165, 1.54) is 0 Å². The van der Waals surface area contributed by atoms with Crippen LogP contribution in [0.4, 0.5) is 0 Å². The Morgan fingerprint density at radius 2 is 1.92 bits per heavy atom. The number of amides is 1. The van der Waals surface area contributed by atoms with Crippen molar-refractivity contribution in [3.05, 3.63) is 54.6 Å². The topological polar surface area (TPSA) is 72.1 Å². The number of carbonyl (C=O) groups is 1. The molecule has 0 unspecified atom stereocenters. The van der Waals surface area contributed by atoms with E-state index in [2.05, 4.69) is 24.1 Å². The fourth-order valence-electron chi connectivity index (χ4n) is 3.27. The van der Waals surface area contributed by atoms with Crippen molar-refractivity contribution in [1.82, 2.24) is 19.4 Å². The molecule has 2 heterocycles. The third-order valence-corrected chi connectivity index (χ3v) is 4.49. The standard InChI is InChI=1S/C20H26N4O2/c1-15(2)13-18(23-10-5-6-11-23)20(26)21-9-12-24-17-8-4-3-7-16(17)22-19(24)14-25/h3-8,10-11,15,18,25H,9,12-14H2,1-2H3,(H,21,26)/t18-/m1/s1. The monoisotopic (exact) mass is 354 g/mol. The van der Waals surface area contributed by atoms with Gasteiger partial charge in [0.2, 0.25) is 5.91 Å². The van der Waals surface area contributed by atoms with E-state index in [1.807, 2.05) is 57.9 Å². The van der Waals surface area contributed by atoms with Gasteiger partial charge in [0.15, 0.2) is 0 Å². The summed E-state index contributed by atoms with van der Waals surface area (Å²) in [5, 5.41) is 12.6. The average molecular weight is 354 g/mol. The molecule has 2 N–H and O–H groups in total. The Balaban J connectivity index is 1.68. The lowest BCUT2D eigenvalue weighted by Gasteiger charge is -2.20. The lowest BCUT2D eigenvalue weighted by molar-refractivity contribution is -0.124. The van der Waals surface area contributed by atoms with Crippen LogP contribution in [0.2, 0.25) is 0 Å². The second-order valence-electron chi connectivity index (χ2n) is 6.89. The van der Waals surface area contributed by atoms with Crippen LogP contribution in [0.1, 0.15) is 32.1 Å². The van der Waals surface area contributed by atoms with Gasteiger partial charge in [0, 0.05) is 25.5 Å². The summed E-state index contributed by atoms with van der Waals surface area (Å²) in [6, 6.07) is 11.4. The third-order valence-electron chi connectivity index (χ3n) is 4.49. The number of aliphatic hydroxyl groups excluding tert-OH is 1. The minimum absolute atomic E-state index is 0.0184. The number of aromatic nitrogens is 3. The van der Waals surface area contributed by atoms with Gasteiger partial charge in [0.1, 0.15) is 18.5 Å². The molecule has 0 aliphatic rings. The molecule has 1 atom stereocenters. The van der Waals surface area contributed by atoms with Crippen LogP contribution in [0.25, 0.3) is 11.0 Å². The predicted octanol–water partition coefficient (Wildman–Crippen LogP) is 2.73. The summed E-state index contributed by atoms with van der Waals surface area (Å²) in [4.78, 5) is 17.2. The summed E-state index contributed by atoms with van der Waals surface area (Å²) in [5.74, 6) is 1.06. The first-order valence-corrected chi connectivity index (χ1v) is 9.05. The summed E-state index contributed by atoms with van der Waals surface area (Å²) in [6.07, 6.45) is 4.65. The van der Waals surface area contributed by atoms with Crippen LogP contribution < -0.4 is 5.32 Å². The fourth-order valence-corrected chi connectivity index (χ4v) is 3.27. The van der Waals surface area contributed by atoms with E-state index < -0.39 is 0 Å². The minimum Gasteiger partial charge on any atom is -0.388 e. The molecule has 2 aromatic heterocycles. The smallest absolute Gasteiger partial charge is 0.243 e. The van der Waals surface area contributed by atoms with Gasteiger partial charge in [-0.05, 0) is 36.6 Å². The normalized spacial score (nSPS) is 12.6. The Morgan fingerprint density at radius 1 is 1.19 bits per heavy atom. The zero-order valence-electron chi connectivity index (χ0n) is 15.3. The van der Waals surface area contributed by atoms with E-state index in [9.17, 15) is 9.90 Å². The summed E-state index contributed by atoms with van der Waals surface area (Å²) in [7, 11) is 0. The lowest BCUT2D eigenvalue weighted by Crippen LogP contribution is -2.35. The Hall–Kier alpha value is -2.60. The number of fused-ring (bicyclic) bond motifs is 1. The van der Waals surface area contributed by atoms with Crippen LogP contribution in [0.5, 0.6) is 0 Å². The molecule has 0 aliphatic heterocycles. The van der Waals surface area contributed by atoms with Crippen molar-refractivity contribution in [2.24, 2.45) is 5.92 Å². The number of imidazole rings is 1. The molecule has 0 spiro atoms. The Bertz CT molecular complexity index is 852. The molecule has 3 rings (SSSR count). The molecular formula is C20H26N4O2. The maximum absolute atomic E-state index is 12.7. The Kier molecular flexibility index (Phi) is 5.73. The minimum atomic E-state index is -0.207. The molecule has 0 saturated heterocycles. The molecule has 0 saturated carbocycles. The number of aliphatic hydroxyl groups is 1. The van der Waals surface area contributed by atoms with E-state index >= 15 is 0 Å². The maximum atomic E-state index is 12.7. The van der Waals surface area contributed by atoms with Crippen molar-refractivity contribution in [2.75, 3.05) is 6.54 Å². The van der Waals surface area contributed by atoms with Gasteiger partial charge in [-0.25, -0.2) is 4.98 Å². The molecule has 1 aromatic carbocycles. The SMILES string of the molecule is CC(C)C[C@H](C(=O)NCCn1c(CO)nc2ccccc21)n1cccc1. The number of para-hydroxylation sites is 2. The summed E-state index contributed by atoms with van der Waals surface area (Å²) < 4.78 is 3.92. The van der Waals surface area contributed by atoms with E-state index in [0.29, 0.717) is 24.8 Å². The average Bonchev–Trinajstić information content (AvgIpc) is 3.27. The van der Waals surface area contributed by atoms with Crippen LogP contribution in [-0.4, -0.2) is 31.7 Å². The summed E-state index contributed by atoms with van der Waals surface area (Å²) in [6.45, 7) is 5.18. The lowest BCUT2D eigenvalue weighted by atomic mass is 10.0. The number of hydrogen-bond acceptors (Lipinski definition) is 3. The van der Waals surface area contributed by atoms with Gasteiger partial charge in [0.25, 0.3) is 0 Å². The number of rotatable bonds is 8. The predicted molar refractivity (Wildman–Crippen MR) is 102 cm³/mol. The fraction of sp³-hybridized carbons (Fsp3) is 0.400. The summed E-state index contributed by atoms with van der Waals surface area (Å²) in [5.41, 5.74) is 1.82. The van der Waals surface area contributed by atoms with Gasteiger partial charge < -0.3 is 19.6 Å². The van der Waals surface area contributed by atoms with Crippen molar-refractivity contribution in [2.45, 2.75) is 39.5 Å². The maximum Gasteiger partial charge on any atom is 0.243 e. The van der Waals surface area contributed by atoms with Gasteiger partial charge in [-0.2, -0.15) is 0 Å². The number of nitrogens with zero attached hydrogens (tertiary/aromatic N) is 3. The molecule has 0 aliphatic carbocycles. The number of benzene rings is 1. The van der Waals surface area contributed by atoms with Crippen molar-refractivity contribution in [3.63, 3.8) is 0 Å². The molecule has 138 valence electrons. The molecule has 3 aromatic rings. The Labute approximate surface area is 153 Å². The highest BCUT2D eigenvalue weighted by Crippen LogP contribution is 2.19. The first-order chi connectivity index (χ1) is 12.6. The second-order valence-corrected chi connectivity index (χ2v) is 6.89. The Morgan fingerprint density at radius 3 is 2.62 bits per heavy atom. The molecular weight excluding hydrogens is 328 g/mol. The van der Waals surface area contributed by atoms with Gasteiger partial charge in [-0.15, -0.1) is 0 Å². The zero-order valence-corrected chi connectivity index (χ0v) is 15.3. The number of hydrogen-bond donors (Lipinski definition) is 2. The van der Waals surface area contributed by atoms with Crippen LogP contribution in [0, 0.1) is 5.92 Å². The number of nitrogens with one attached hydrogen (secondary N) is 1. The second kappa shape index (κ2) is 8.19. The van der Waals surface area contributed by atoms with Gasteiger partial charge in [-0.3, -0.25) is 4.79 Å². The molecule has 26 heavy (non-hydrogen) atoms. The van der Waals surface area contributed by atoms with Gasteiger partial charge in [0.05, 0.1) is 11.0 Å². The van der Waals surface area contributed by atoms with Crippen LogP contribution >= 0.6 is 0 Å². The highest BCUT2D eigenvalue weighted by molar-refractivity contribution is 5.80. The first kappa shape index (κ1) is 18.2. The number of carbonyl (C=O) groups excluding carboxylic acids is 1. The largest absolute Gasteiger partial charge is 0.388 e. The van der Waals surface area contributed by atoms with Crippen molar-refractivity contribution < 1.29 is 9.90 Å². The van der Waals surface area contributed by atoms with Gasteiger partial charge in [-0.1, -0.05) is 26.0 Å². The van der Waals surface area contributed by atoms with Gasteiger partial charge >= 0.3 is 0 Å². The quantitative estimate of drug-likeness (QED) is 0.653. The van der Waals surface area contributed by atoms with Crippen LogP contribution in [0.15, 0.2) is 48.8 Å². The van der Waals surface area contributed by atoms with Crippen molar-refractivity contribution >= 4 is 16.9 Å². The molecule has 0 bridgehead atoms. The first-order valence-electron chi connectivity index (χ1n) is 9.05. The zero-order chi connectivity index (χ0) is 18.5. The molecule has 6 nitrogen and oxygen atoms in total. The van der Waals surface area contributed by atoms with Crippen LogP contribution in [0.3, 0.4) is 0 Å². The third kappa shape index (κ3) is 3.96. The van der Waals surface area contributed by atoms with E-state index in [0.717, 1.165) is 17.5 Å². The molecule has 0 fully saturated rings. The highest BCUT2D eigenvalue weighted by atomic mass is 16.3. The van der Waals surface area contributed by atoms with Crippen molar-refractivity contribution in [3.8, 4) is 0 Å². The van der Waals surface area contributed by atoms with Crippen molar-refractivity contribution in [1.29, 1.82) is 0 Å². The van der Waals surface area contributed by atoms with E-state index in [1.54, 1.807) is 0 Å². The van der Waals surface area contributed by atoms with E-state index in [4.69, 9.17) is 0 Å². The molecule has 1 amide bonds. The van der Waals surface area contributed by atoms with Crippen LogP contribution in [-0.2, 0) is 17.9 Å². The summed E-state index contributed by atoms with van der Waals surface area (Å²) >= 11 is 0. The van der Waals surface area contributed by atoms with E-state index in [-0.39, 0.29) is 18.6 Å². The molecule has 6 heteroatoms.